The molecule has 1 atom stereocenters. The lowest BCUT2D eigenvalue weighted by Gasteiger charge is -2.10. The average molecular weight is 251 g/mol. The van der Waals surface area contributed by atoms with Gasteiger partial charge in [0.15, 0.2) is 0 Å². The first-order valence-corrected chi connectivity index (χ1v) is 6.25. The first kappa shape index (κ1) is 14.5. The summed E-state index contributed by atoms with van der Waals surface area (Å²) in [6.07, 6.45) is 0.352. The molecule has 1 amide bonds. The predicted molar refractivity (Wildman–Crippen MR) is 70.6 cm³/mol. The van der Waals surface area contributed by atoms with Gasteiger partial charge in [0.2, 0.25) is 5.91 Å². The highest BCUT2D eigenvalue weighted by Gasteiger charge is 2.05. The van der Waals surface area contributed by atoms with E-state index in [1.165, 1.54) is 0 Å². The summed E-state index contributed by atoms with van der Waals surface area (Å²) in [5.74, 6) is 0.879. The fourth-order valence-electron chi connectivity index (χ4n) is 1.47. The van der Waals surface area contributed by atoms with Crippen LogP contribution < -0.4 is 10.1 Å². The second kappa shape index (κ2) is 7.71. The summed E-state index contributed by atoms with van der Waals surface area (Å²) < 4.78 is 5.33. The van der Waals surface area contributed by atoms with E-state index in [1.807, 2.05) is 38.1 Å². The van der Waals surface area contributed by atoms with Crippen LogP contribution in [0.2, 0.25) is 0 Å². The zero-order valence-electron chi connectivity index (χ0n) is 11.0. The van der Waals surface area contributed by atoms with Gasteiger partial charge in [0.1, 0.15) is 5.75 Å². The molecule has 0 radical (unpaired) electrons. The summed E-state index contributed by atoms with van der Waals surface area (Å²) in [4.78, 5) is 11.6. The second-order valence-corrected chi connectivity index (χ2v) is 4.35. The fraction of sp³-hybridized carbons (Fsp3) is 0.500. The highest BCUT2D eigenvalue weighted by atomic mass is 16.5. The summed E-state index contributed by atoms with van der Waals surface area (Å²) in [6, 6.07) is 7.50. The number of hydrogen-bond donors (Lipinski definition) is 2. The van der Waals surface area contributed by atoms with Crippen LogP contribution >= 0.6 is 0 Å². The molecule has 1 aromatic carbocycles. The maximum atomic E-state index is 11.6. The monoisotopic (exact) mass is 251 g/mol. The van der Waals surface area contributed by atoms with E-state index in [2.05, 4.69) is 5.32 Å². The lowest BCUT2D eigenvalue weighted by molar-refractivity contribution is -0.120. The third kappa shape index (κ3) is 5.19. The largest absolute Gasteiger partial charge is 0.494 e. The molecule has 1 rings (SSSR count). The number of aliphatic hydroxyl groups excluding tert-OH is 1. The Morgan fingerprint density at radius 3 is 2.61 bits per heavy atom. The highest BCUT2D eigenvalue weighted by molar-refractivity contribution is 5.78. The van der Waals surface area contributed by atoms with Crippen LogP contribution in [0.5, 0.6) is 5.75 Å². The summed E-state index contributed by atoms with van der Waals surface area (Å²) in [6.45, 7) is 5.05. The first-order chi connectivity index (χ1) is 8.65. The minimum Gasteiger partial charge on any atom is -0.494 e. The van der Waals surface area contributed by atoms with E-state index in [0.717, 1.165) is 11.3 Å². The molecule has 100 valence electrons. The van der Waals surface area contributed by atoms with Crippen molar-refractivity contribution in [2.75, 3.05) is 19.8 Å². The predicted octanol–water partition coefficient (Wildman–Crippen LogP) is 1.37. The van der Waals surface area contributed by atoms with Crippen LogP contribution in [-0.2, 0) is 11.2 Å². The van der Waals surface area contributed by atoms with Crippen molar-refractivity contribution in [3.63, 3.8) is 0 Å². The number of nitrogens with one attached hydrogen (secondary N) is 1. The molecule has 0 fully saturated rings. The van der Waals surface area contributed by atoms with E-state index >= 15 is 0 Å². The van der Waals surface area contributed by atoms with Crippen molar-refractivity contribution in [2.24, 2.45) is 5.92 Å². The van der Waals surface area contributed by atoms with Gasteiger partial charge in [-0.25, -0.2) is 0 Å². The number of aliphatic hydroxyl groups is 1. The van der Waals surface area contributed by atoms with Gasteiger partial charge >= 0.3 is 0 Å². The molecule has 0 spiro atoms. The summed E-state index contributed by atoms with van der Waals surface area (Å²) in [5, 5.41) is 11.6. The third-order valence-electron chi connectivity index (χ3n) is 2.56. The van der Waals surface area contributed by atoms with Crippen LogP contribution in [0.3, 0.4) is 0 Å². The van der Waals surface area contributed by atoms with E-state index in [-0.39, 0.29) is 18.4 Å². The minimum atomic E-state index is -0.0283. The van der Waals surface area contributed by atoms with Crippen LogP contribution in [-0.4, -0.2) is 30.8 Å². The molecule has 1 unspecified atom stereocenters. The van der Waals surface area contributed by atoms with Gasteiger partial charge in [-0.15, -0.1) is 0 Å². The normalized spacial score (nSPS) is 11.9. The molecule has 0 saturated heterocycles. The zero-order valence-corrected chi connectivity index (χ0v) is 11.0. The molecule has 18 heavy (non-hydrogen) atoms. The molecule has 0 aliphatic heterocycles. The number of amides is 1. The molecular formula is C14H21NO3. The lowest BCUT2D eigenvalue weighted by atomic mass is 10.1. The molecule has 2 N–H and O–H groups in total. The smallest absolute Gasteiger partial charge is 0.224 e. The van der Waals surface area contributed by atoms with Gasteiger partial charge in [-0.05, 0) is 30.5 Å². The van der Waals surface area contributed by atoms with Gasteiger partial charge in [0, 0.05) is 13.2 Å². The summed E-state index contributed by atoms with van der Waals surface area (Å²) in [7, 11) is 0. The molecule has 0 saturated carbocycles. The third-order valence-corrected chi connectivity index (χ3v) is 2.56. The van der Waals surface area contributed by atoms with Crippen molar-refractivity contribution in [1.29, 1.82) is 0 Å². The Kier molecular flexibility index (Phi) is 6.22. The van der Waals surface area contributed by atoms with Crippen LogP contribution in [0.1, 0.15) is 19.4 Å². The Morgan fingerprint density at radius 1 is 1.39 bits per heavy atom. The SMILES string of the molecule is CCOc1ccc(CC(=O)NCC(C)CO)cc1. The Hall–Kier alpha value is -1.55. The minimum absolute atomic E-state index is 0.0283. The van der Waals surface area contributed by atoms with Crippen molar-refractivity contribution < 1.29 is 14.6 Å². The molecule has 0 bridgehead atoms. The van der Waals surface area contributed by atoms with Gasteiger partial charge in [0.25, 0.3) is 0 Å². The van der Waals surface area contributed by atoms with Crippen LogP contribution in [0, 0.1) is 5.92 Å². The summed E-state index contributed by atoms with van der Waals surface area (Å²) >= 11 is 0. The van der Waals surface area contributed by atoms with Gasteiger partial charge in [0.05, 0.1) is 13.0 Å². The Balaban J connectivity index is 2.39. The van der Waals surface area contributed by atoms with Gasteiger partial charge in [-0.2, -0.15) is 0 Å². The molecule has 0 aromatic heterocycles. The average Bonchev–Trinajstić information content (AvgIpc) is 2.38. The van der Waals surface area contributed by atoms with Crippen molar-refractivity contribution in [3.05, 3.63) is 29.8 Å². The molecule has 0 heterocycles. The maximum Gasteiger partial charge on any atom is 0.224 e. The second-order valence-electron chi connectivity index (χ2n) is 4.35. The van der Waals surface area contributed by atoms with Crippen molar-refractivity contribution in [1.82, 2.24) is 5.32 Å². The summed E-state index contributed by atoms with van der Waals surface area (Å²) in [5.41, 5.74) is 0.951. The Morgan fingerprint density at radius 2 is 2.06 bits per heavy atom. The molecule has 1 aromatic rings. The highest BCUT2D eigenvalue weighted by Crippen LogP contribution is 2.12. The number of rotatable bonds is 7. The van der Waals surface area contributed by atoms with E-state index in [9.17, 15) is 4.79 Å². The van der Waals surface area contributed by atoms with Crippen molar-refractivity contribution in [3.8, 4) is 5.75 Å². The number of hydrogen-bond acceptors (Lipinski definition) is 3. The Labute approximate surface area is 108 Å². The molecular weight excluding hydrogens is 230 g/mol. The van der Waals surface area contributed by atoms with Crippen molar-refractivity contribution in [2.45, 2.75) is 20.3 Å². The maximum absolute atomic E-state index is 11.6. The Bertz CT molecular complexity index is 362. The standard InChI is InChI=1S/C14H21NO3/c1-3-18-13-6-4-12(5-7-13)8-14(17)15-9-11(2)10-16/h4-7,11,16H,3,8-10H2,1-2H3,(H,15,17). The number of carbonyl (C=O) groups is 1. The number of ether oxygens (including phenoxy) is 1. The lowest BCUT2D eigenvalue weighted by Crippen LogP contribution is -2.30. The number of carbonyl (C=O) groups excluding carboxylic acids is 1. The van der Waals surface area contributed by atoms with E-state index in [1.54, 1.807) is 0 Å². The van der Waals surface area contributed by atoms with Crippen LogP contribution in [0.25, 0.3) is 0 Å². The molecule has 0 aliphatic rings. The zero-order chi connectivity index (χ0) is 13.4. The molecule has 0 aliphatic carbocycles. The quantitative estimate of drug-likeness (QED) is 0.769. The van der Waals surface area contributed by atoms with Gasteiger partial charge < -0.3 is 15.2 Å². The van der Waals surface area contributed by atoms with E-state index in [0.29, 0.717) is 19.6 Å². The number of benzene rings is 1. The van der Waals surface area contributed by atoms with E-state index in [4.69, 9.17) is 9.84 Å². The fourth-order valence-corrected chi connectivity index (χ4v) is 1.47. The van der Waals surface area contributed by atoms with Crippen LogP contribution in [0.4, 0.5) is 0 Å². The van der Waals surface area contributed by atoms with Gasteiger partial charge in [-0.1, -0.05) is 19.1 Å². The first-order valence-electron chi connectivity index (χ1n) is 6.25. The molecule has 4 heteroatoms. The topological polar surface area (TPSA) is 58.6 Å². The van der Waals surface area contributed by atoms with E-state index < -0.39 is 0 Å². The molecule has 4 nitrogen and oxygen atoms in total. The van der Waals surface area contributed by atoms with Gasteiger partial charge in [-0.3, -0.25) is 4.79 Å². The van der Waals surface area contributed by atoms with Crippen LogP contribution in [0.15, 0.2) is 24.3 Å². The van der Waals surface area contributed by atoms with Crippen molar-refractivity contribution >= 4 is 5.91 Å².